The molecule has 1 rings (SSSR count). The molecular weight excluding hydrogens is 194 g/mol. The molecule has 0 saturated carbocycles. The van der Waals surface area contributed by atoms with E-state index in [1.807, 2.05) is 0 Å². The van der Waals surface area contributed by atoms with Gasteiger partial charge in [-0.15, -0.1) is 12.3 Å². The van der Waals surface area contributed by atoms with Crippen LogP contribution in [0.3, 0.4) is 0 Å². The molecule has 0 fully saturated rings. The number of aromatic carboxylic acids is 1. The number of hydrogen-bond donors (Lipinski definition) is 1. The number of terminal acetylenes is 1. The number of hydrogen-bond acceptors (Lipinski definition) is 2. The molecule has 0 saturated heterocycles. The van der Waals surface area contributed by atoms with Gasteiger partial charge in [0.2, 0.25) is 0 Å². The Labute approximate surface area is 87.2 Å². The monoisotopic (exact) mass is 205 g/mol. The lowest BCUT2D eigenvalue weighted by Gasteiger charge is -2.12. The van der Waals surface area contributed by atoms with Gasteiger partial charge in [0, 0.05) is 24.7 Å². The van der Waals surface area contributed by atoms with Crippen molar-refractivity contribution in [2.24, 2.45) is 0 Å². The summed E-state index contributed by atoms with van der Waals surface area (Å²) in [6, 6.07) is 2.32. The highest BCUT2D eigenvalue weighted by Crippen LogP contribution is 2.07. The van der Waals surface area contributed by atoms with Gasteiger partial charge in [0.1, 0.15) is 0 Å². The van der Waals surface area contributed by atoms with E-state index in [-0.39, 0.29) is 17.2 Å². The predicted octanol–water partition coefficient (Wildman–Crippen LogP) is 1.13. The average molecular weight is 205 g/mol. The number of aromatic nitrogens is 1. The number of pyridine rings is 1. The SMILES string of the molecule is C#CCC(C)n1cc(C(=O)O)ccc1=O. The Hall–Kier alpha value is -2.02. The summed E-state index contributed by atoms with van der Waals surface area (Å²) in [7, 11) is 0. The maximum absolute atomic E-state index is 11.4. The molecule has 1 unspecified atom stereocenters. The molecule has 0 aliphatic rings. The quantitative estimate of drug-likeness (QED) is 0.752. The van der Waals surface area contributed by atoms with Gasteiger partial charge in [-0.3, -0.25) is 4.79 Å². The molecule has 0 aliphatic heterocycles. The molecule has 1 N–H and O–H groups in total. The molecule has 1 heterocycles. The van der Waals surface area contributed by atoms with E-state index in [1.54, 1.807) is 6.92 Å². The molecular formula is C11H11NO3. The summed E-state index contributed by atoms with van der Waals surface area (Å²) in [6.45, 7) is 1.77. The second-order valence-electron chi connectivity index (χ2n) is 3.23. The van der Waals surface area contributed by atoms with Crippen LogP contribution in [0.2, 0.25) is 0 Å². The Morgan fingerprint density at radius 3 is 2.87 bits per heavy atom. The van der Waals surface area contributed by atoms with E-state index in [4.69, 9.17) is 11.5 Å². The predicted molar refractivity (Wildman–Crippen MR) is 55.8 cm³/mol. The third-order valence-electron chi connectivity index (χ3n) is 2.07. The van der Waals surface area contributed by atoms with Crippen molar-refractivity contribution in [2.75, 3.05) is 0 Å². The molecule has 0 spiro atoms. The van der Waals surface area contributed by atoms with Crippen molar-refractivity contribution in [1.82, 2.24) is 4.57 Å². The summed E-state index contributed by atoms with van der Waals surface area (Å²) in [5.74, 6) is 1.38. The van der Waals surface area contributed by atoms with Gasteiger partial charge in [-0.1, -0.05) is 0 Å². The van der Waals surface area contributed by atoms with Gasteiger partial charge in [0.05, 0.1) is 5.56 Å². The highest BCUT2D eigenvalue weighted by Gasteiger charge is 2.09. The molecule has 4 heteroatoms. The molecule has 1 aromatic heterocycles. The number of carbonyl (C=O) groups is 1. The van der Waals surface area contributed by atoms with Gasteiger partial charge < -0.3 is 9.67 Å². The van der Waals surface area contributed by atoms with Crippen LogP contribution in [-0.2, 0) is 0 Å². The smallest absolute Gasteiger partial charge is 0.337 e. The van der Waals surface area contributed by atoms with Crippen LogP contribution >= 0.6 is 0 Å². The molecule has 1 atom stereocenters. The molecule has 78 valence electrons. The van der Waals surface area contributed by atoms with Gasteiger partial charge in [-0.05, 0) is 13.0 Å². The first-order chi connectivity index (χ1) is 7.06. The first-order valence-corrected chi connectivity index (χ1v) is 4.45. The second kappa shape index (κ2) is 4.47. The molecule has 15 heavy (non-hydrogen) atoms. The van der Waals surface area contributed by atoms with Crippen LogP contribution in [0.5, 0.6) is 0 Å². The molecule has 0 aromatic carbocycles. The highest BCUT2D eigenvalue weighted by molar-refractivity contribution is 5.87. The van der Waals surface area contributed by atoms with Crippen molar-refractivity contribution < 1.29 is 9.90 Å². The summed E-state index contributed by atoms with van der Waals surface area (Å²) in [6.07, 6.45) is 6.84. The number of rotatable bonds is 3. The fourth-order valence-corrected chi connectivity index (χ4v) is 1.24. The van der Waals surface area contributed by atoms with Crippen molar-refractivity contribution in [3.05, 3.63) is 34.2 Å². The van der Waals surface area contributed by atoms with Crippen molar-refractivity contribution in [3.63, 3.8) is 0 Å². The fourth-order valence-electron chi connectivity index (χ4n) is 1.24. The lowest BCUT2D eigenvalue weighted by Crippen LogP contribution is -2.23. The van der Waals surface area contributed by atoms with Crippen molar-refractivity contribution in [2.45, 2.75) is 19.4 Å². The summed E-state index contributed by atoms with van der Waals surface area (Å²) in [5.41, 5.74) is -0.166. The largest absolute Gasteiger partial charge is 0.478 e. The zero-order chi connectivity index (χ0) is 11.4. The summed E-state index contributed by atoms with van der Waals surface area (Å²) < 4.78 is 1.34. The van der Waals surface area contributed by atoms with Crippen molar-refractivity contribution in [1.29, 1.82) is 0 Å². The van der Waals surface area contributed by atoms with Gasteiger partial charge in [0.15, 0.2) is 0 Å². The van der Waals surface area contributed by atoms with E-state index in [0.717, 1.165) is 0 Å². The van der Waals surface area contributed by atoms with E-state index in [2.05, 4.69) is 5.92 Å². The third kappa shape index (κ3) is 2.47. The number of carboxylic acid groups (broad SMARTS) is 1. The minimum Gasteiger partial charge on any atom is -0.478 e. The number of carboxylic acids is 1. The normalized spacial score (nSPS) is 11.7. The van der Waals surface area contributed by atoms with Gasteiger partial charge >= 0.3 is 5.97 Å². The van der Waals surface area contributed by atoms with Crippen LogP contribution in [0.1, 0.15) is 29.7 Å². The fraction of sp³-hybridized carbons (Fsp3) is 0.273. The highest BCUT2D eigenvalue weighted by atomic mass is 16.4. The van der Waals surface area contributed by atoms with Crippen LogP contribution in [0.15, 0.2) is 23.1 Å². The standard InChI is InChI=1S/C11H11NO3/c1-3-4-8(2)12-7-9(11(14)15)5-6-10(12)13/h1,5-8H,4H2,2H3,(H,14,15). The average Bonchev–Trinajstić information content (AvgIpc) is 2.18. The van der Waals surface area contributed by atoms with E-state index in [1.165, 1.54) is 22.9 Å². The molecule has 4 nitrogen and oxygen atoms in total. The Bertz CT molecular complexity index is 467. The van der Waals surface area contributed by atoms with Crippen molar-refractivity contribution >= 4 is 5.97 Å². The summed E-state index contributed by atoms with van der Waals surface area (Å²) >= 11 is 0. The lowest BCUT2D eigenvalue weighted by molar-refractivity contribution is 0.0695. The van der Waals surface area contributed by atoms with Crippen LogP contribution in [-0.4, -0.2) is 15.6 Å². The minimum atomic E-state index is -1.06. The molecule has 0 radical (unpaired) electrons. The van der Waals surface area contributed by atoms with Crippen molar-refractivity contribution in [3.8, 4) is 12.3 Å². The number of nitrogens with zero attached hydrogens (tertiary/aromatic N) is 1. The third-order valence-corrected chi connectivity index (χ3v) is 2.07. The molecule has 0 amide bonds. The summed E-state index contributed by atoms with van der Waals surface area (Å²) in [4.78, 5) is 22.1. The van der Waals surface area contributed by atoms with E-state index < -0.39 is 5.97 Å². The zero-order valence-electron chi connectivity index (χ0n) is 8.30. The first-order valence-electron chi connectivity index (χ1n) is 4.45. The molecule has 0 aliphatic carbocycles. The molecule has 0 bridgehead atoms. The molecule has 1 aromatic rings. The van der Waals surface area contributed by atoms with Gasteiger partial charge in [-0.2, -0.15) is 0 Å². The Kier molecular flexibility index (Phi) is 3.29. The maximum atomic E-state index is 11.4. The van der Waals surface area contributed by atoms with E-state index in [0.29, 0.717) is 6.42 Å². The minimum absolute atomic E-state index is 0.0819. The maximum Gasteiger partial charge on any atom is 0.337 e. The Morgan fingerprint density at radius 2 is 2.33 bits per heavy atom. The van der Waals surface area contributed by atoms with Crippen LogP contribution in [0.4, 0.5) is 0 Å². The Balaban J connectivity index is 3.17. The summed E-state index contributed by atoms with van der Waals surface area (Å²) in [5, 5.41) is 8.76. The van der Waals surface area contributed by atoms with Gasteiger partial charge in [-0.25, -0.2) is 4.79 Å². The van der Waals surface area contributed by atoms with Crippen LogP contribution < -0.4 is 5.56 Å². The first kappa shape index (κ1) is 11.1. The Morgan fingerprint density at radius 1 is 1.67 bits per heavy atom. The van der Waals surface area contributed by atoms with Gasteiger partial charge in [0.25, 0.3) is 5.56 Å². The zero-order valence-corrected chi connectivity index (χ0v) is 8.30. The van der Waals surface area contributed by atoms with Crippen LogP contribution in [0.25, 0.3) is 0 Å². The lowest BCUT2D eigenvalue weighted by atomic mass is 10.2. The second-order valence-corrected chi connectivity index (χ2v) is 3.23. The van der Waals surface area contributed by atoms with Crippen LogP contribution in [0, 0.1) is 12.3 Å². The topological polar surface area (TPSA) is 59.3 Å². The van der Waals surface area contributed by atoms with E-state index in [9.17, 15) is 9.59 Å². The van der Waals surface area contributed by atoms with E-state index >= 15 is 0 Å².